The largest absolute Gasteiger partial charge is 0.432 e. The van der Waals surface area contributed by atoms with Crippen molar-refractivity contribution in [3.05, 3.63) is 71.0 Å². The van der Waals surface area contributed by atoms with Crippen LogP contribution in [0.5, 0.6) is 0 Å². The van der Waals surface area contributed by atoms with Crippen molar-refractivity contribution in [3.8, 4) is 11.4 Å². The molecule has 0 spiro atoms. The molecule has 6 heteroatoms. The van der Waals surface area contributed by atoms with Gasteiger partial charge in [-0.15, -0.1) is 0 Å². The molecule has 0 unspecified atom stereocenters. The van der Waals surface area contributed by atoms with Crippen LogP contribution in [0, 0.1) is 0 Å². The van der Waals surface area contributed by atoms with E-state index in [1.165, 1.54) is 11.1 Å². The molecule has 0 amide bonds. The summed E-state index contributed by atoms with van der Waals surface area (Å²) in [4.78, 5) is 4.33. The average Bonchev–Trinajstić information content (AvgIpc) is 3.19. The summed E-state index contributed by atoms with van der Waals surface area (Å²) in [6, 6.07) is 12.8. The maximum absolute atomic E-state index is 12.7. The van der Waals surface area contributed by atoms with Gasteiger partial charge in [0, 0.05) is 11.6 Å². The normalized spacial score (nSPS) is 15.7. The number of hydrogen-bond donors (Lipinski definition) is 1. The Morgan fingerprint density at radius 2 is 1.77 bits per heavy atom. The SMILES string of the molecule is CC1(C)C(c2ccc(-c3cc(C(F)(F)F)[nH]n3)nc2)=Cc2ccccc21. The molecule has 0 saturated heterocycles. The zero-order valence-corrected chi connectivity index (χ0v) is 14.2. The molecule has 26 heavy (non-hydrogen) atoms. The average molecular weight is 355 g/mol. The second kappa shape index (κ2) is 5.56. The van der Waals surface area contributed by atoms with E-state index in [0.29, 0.717) is 5.69 Å². The summed E-state index contributed by atoms with van der Waals surface area (Å²) in [5.74, 6) is 0. The standard InChI is InChI=1S/C20H16F3N3/c1-19(2)14-6-4-3-5-12(14)9-15(19)13-7-8-16(24-11-13)17-10-18(26-25-17)20(21,22)23/h3-11H,1-2H3,(H,25,26). The van der Waals surface area contributed by atoms with Crippen LogP contribution in [-0.4, -0.2) is 15.2 Å². The Bertz CT molecular complexity index is 996. The summed E-state index contributed by atoms with van der Waals surface area (Å²) in [5.41, 5.74) is 4.04. The minimum Gasteiger partial charge on any atom is -0.273 e. The zero-order valence-electron chi connectivity index (χ0n) is 14.2. The monoisotopic (exact) mass is 355 g/mol. The molecule has 132 valence electrons. The molecule has 2 heterocycles. The van der Waals surface area contributed by atoms with Gasteiger partial charge in [-0.05, 0) is 40.5 Å². The van der Waals surface area contributed by atoms with Crippen molar-refractivity contribution in [3.63, 3.8) is 0 Å². The van der Waals surface area contributed by atoms with Crippen molar-refractivity contribution >= 4 is 11.6 Å². The molecule has 0 radical (unpaired) electrons. The van der Waals surface area contributed by atoms with E-state index >= 15 is 0 Å². The number of aromatic amines is 1. The minimum absolute atomic E-state index is 0.157. The van der Waals surface area contributed by atoms with Gasteiger partial charge in [-0.25, -0.2) is 0 Å². The summed E-state index contributed by atoms with van der Waals surface area (Å²) in [5, 5.41) is 5.73. The summed E-state index contributed by atoms with van der Waals surface area (Å²) in [6.45, 7) is 4.31. The summed E-state index contributed by atoms with van der Waals surface area (Å²) in [7, 11) is 0. The highest BCUT2D eigenvalue weighted by molar-refractivity contribution is 5.93. The molecule has 3 nitrogen and oxygen atoms in total. The second-order valence-electron chi connectivity index (χ2n) is 6.87. The van der Waals surface area contributed by atoms with Gasteiger partial charge in [0.25, 0.3) is 0 Å². The molecule has 1 aliphatic rings. The van der Waals surface area contributed by atoms with E-state index in [1.54, 1.807) is 12.3 Å². The Morgan fingerprint density at radius 1 is 1.00 bits per heavy atom. The van der Waals surface area contributed by atoms with E-state index in [-0.39, 0.29) is 11.1 Å². The van der Waals surface area contributed by atoms with E-state index in [1.807, 2.05) is 23.3 Å². The number of hydrogen-bond acceptors (Lipinski definition) is 2. The van der Waals surface area contributed by atoms with Gasteiger partial charge < -0.3 is 0 Å². The van der Waals surface area contributed by atoms with Crippen molar-refractivity contribution in [2.45, 2.75) is 25.4 Å². The smallest absolute Gasteiger partial charge is 0.273 e. The van der Waals surface area contributed by atoms with Crippen LogP contribution in [0.2, 0.25) is 0 Å². The quantitative estimate of drug-likeness (QED) is 0.676. The minimum atomic E-state index is -4.45. The van der Waals surface area contributed by atoms with E-state index < -0.39 is 11.9 Å². The molecule has 0 saturated carbocycles. The molecule has 0 atom stereocenters. The molecule has 4 rings (SSSR count). The van der Waals surface area contributed by atoms with Gasteiger partial charge >= 0.3 is 6.18 Å². The van der Waals surface area contributed by atoms with Gasteiger partial charge in [0.1, 0.15) is 11.4 Å². The van der Waals surface area contributed by atoms with Gasteiger partial charge in [-0.3, -0.25) is 10.1 Å². The van der Waals surface area contributed by atoms with Crippen LogP contribution in [0.15, 0.2) is 48.7 Å². The first-order valence-electron chi connectivity index (χ1n) is 8.18. The van der Waals surface area contributed by atoms with Crippen molar-refractivity contribution in [2.75, 3.05) is 0 Å². The van der Waals surface area contributed by atoms with Gasteiger partial charge in [-0.2, -0.15) is 18.3 Å². The molecule has 0 fully saturated rings. The predicted octanol–water partition coefficient (Wildman–Crippen LogP) is 5.32. The number of H-pyrrole nitrogens is 1. The number of alkyl halides is 3. The highest BCUT2D eigenvalue weighted by Crippen LogP contribution is 2.46. The fraction of sp³-hybridized carbons (Fsp3) is 0.200. The van der Waals surface area contributed by atoms with Gasteiger partial charge in [0.05, 0.1) is 5.69 Å². The molecular formula is C20H16F3N3. The van der Waals surface area contributed by atoms with Gasteiger partial charge in [0.15, 0.2) is 0 Å². The predicted molar refractivity (Wildman–Crippen MR) is 94.2 cm³/mol. The molecule has 1 N–H and O–H groups in total. The number of halogens is 3. The molecule has 1 aromatic carbocycles. The van der Waals surface area contributed by atoms with E-state index in [4.69, 9.17) is 0 Å². The van der Waals surface area contributed by atoms with Crippen LogP contribution in [0.25, 0.3) is 23.0 Å². The van der Waals surface area contributed by atoms with Crippen LogP contribution in [0.4, 0.5) is 13.2 Å². The van der Waals surface area contributed by atoms with Crippen LogP contribution in [-0.2, 0) is 11.6 Å². The first-order valence-corrected chi connectivity index (χ1v) is 8.18. The van der Waals surface area contributed by atoms with Crippen LogP contribution in [0.1, 0.15) is 36.2 Å². The third kappa shape index (κ3) is 2.62. The Morgan fingerprint density at radius 3 is 2.38 bits per heavy atom. The number of pyridine rings is 1. The molecular weight excluding hydrogens is 339 g/mol. The zero-order chi connectivity index (χ0) is 18.5. The lowest BCUT2D eigenvalue weighted by atomic mass is 9.79. The Kier molecular flexibility index (Phi) is 3.54. The second-order valence-corrected chi connectivity index (χ2v) is 6.87. The third-order valence-corrected chi connectivity index (χ3v) is 4.83. The van der Waals surface area contributed by atoms with E-state index in [2.05, 4.69) is 42.1 Å². The number of benzene rings is 1. The first kappa shape index (κ1) is 16.6. The number of aromatic nitrogens is 3. The first-order chi connectivity index (χ1) is 12.3. The maximum atomic E-state index is 12.7. The summed E-state index contributed by atoms with van der Waals surface area (Å²) in [6.07, 6.45) is -0.616. The number of allylic oxidation sites excluding steroid dienone is 1. The van der Waals surface area contributed by atoms with Crippen molar-refractivity contribution in [1.82, 2.24) is 15.2 Å². The van der Waals surface area contributed by atoms with E-state index in [0.717, 1.165) is 17.2 Å². The lowest BCUT2D eigenvalue weighted by molar-refractivity contribution is -0.141. The fourth-order valence-electron chi connectivity index (χ4n) is 3.42. The maximum Gasteiger partial charge on any atom is 0.432 e. The summed E-state index contributed by atoms with van der Waals surface area (Å²) >= 11 is 0. The summed E-state index contributed by atoms with van der Waals surface area (Å²) < 4.78 is 38.1. The van der Waals surface area contributed by atoms with Crippen molar-refractivity contribution in [1.29, 1.82) is 0 Å². The lowest BCUT2D eigenvalue weighted by Gasteiger charge is -2.24. The Balaban J connectivity index is 1.66. The number of nitrogens with one attached hydrogen (secondary N) is 1. The van der Waals surface area contributed by atoms with Crippen LogP contribution >= 0.6 is 0 Å². The van der Waals surface area contributed by atoms with E-state index in [9.17, 15) is 13.2 Å². The van der Waals surface area contributed by atoms with Gasteiger partial charge in [-0.1, -0.05) is 44.2 Å². The molecule has 0 aliphatic heterocycles. The molecule has 2 aromatic heterocycles. The topological polar surface area (TPSA) is 41.6 Å². The number of rotatable bonds is 2. The van der Waals surface area contributed by atoms with Gasteiger partial charge in [0.2, 0.25) is 0 Å². The number of fused-ring (bicyclic) bond motifs is 1. The Labute approximate surface area is 148 Å². The lowest BCUT2D eigenvalue weighted by Crippen LogP contribution is -2.16. The third-order valence-electron chi connectivity index (χ3n) is 4.83. The van der Waals surface area contributed by atoms with Crippen molar-refractivity contribution in [2.24, 2.45) is 0 Å². The van der Waals surface area contributed by atoms with Crippen LogP contribution < -0.4 is 0 Å². The molecule has 3 aromatic rings. The van der Waals surface area contributed by atoms with Crippen LogP contribution in [0.3, 0.4) is 0 Å². The molecule has 1 aliphatic carbocycles. The Hall–Kier alpha value is -2.89. The number of nitrogens with zero attached hydrogens (tertiary/aromatic N) is 2. The fourth-order valence-corrected chi connectivity index (χ4v) is 3.42. The highest BCUT2D eigenvalue weighted by Gasteiger charge is 2.34. The highest BCUT2D eigenvalue weighted by atomic mass is 19.4. The van der Waals surface area contributed by atoms with Crippen molar-refractivity contribution < 1.29 is 13.2 Å². The molecule has 0 bridgehead atoms.